The molecule has 4 heteroatoms. The molecule has 18 heavy (non-hydrogen) atoms. The van der Waals surface area contributed by atoms with E-state index in [1.165, 1.54) is 5.06 Å². The van der Waals surface area contributed by atoms with E-state index < -0.39 is 0 Å². The van der Waals surface area contributed by atoms with E-state index in [1.54, 1.807) is 0 Å². The van der Waals surface area contributed by atoms with E-state index in [1.807, 2.05) is 30.3 Å². The molecule has 0 saturated carbocycles. The van der Waals surface area contributed by atoms with Gasteiger partial charge in [0, 0.05) is 13.2 Å². The SMILES string of the molecule is O=CN(CCCCCCO)OCc1ccccc1. The maximum Gasteiger partial charge on any atom is 0.233 e. The molecule has 0 radical (unpaired) electrons. The number of rotatable bonds is 10. The summed E-state index contributed by atoms with van der Waals surface area (Å²) in [7, 11) is 0. The lowest BCUT2D eigenvalue weighted by molar-refractivity contribution is -0.177. The van der Waals surface area contributed by atoms with Gasteiger partial charge in [-0.1, -0.05) is 43.2 Å². The number of hydrogen-bond acceptors (Lipinski definition) is 3. The molecule has 0 heterocycles. The van der Waals surface area contributed by atoms with Crippen LogP contribution in [0.25, 0.3) is 0 Å². The van der Waals surface area contributed by atoms with Crippen LogP contribution in [0.1, 0.15) is 31.2 Å². The van der Waals surface area contributed by atoms with Crippen molar-refractivity contribution in [2.75, 3.05) is 13.2 Å². The molecule has 4 nitrogen and oxygen atoms in total. The summed E-state index contributed by atoms with van der Waals surface area (Å²) in [5.41, 5.74) is 1.05. The van der Waals surface area contributed by atoms with E-state index in [9.17, 15) is 4.79 Å². The van der Waals surface area contributed by atoms with Crippen LogP contribution in [-0.2, 0) is 16.2 Å². The highest BCUT2D eigenvalue weighted by molar-refractivity contribution is 5.44. The van der Waals surface area contributed by atoms with Crippen LogP contribution < -0.4 is 0 Å². The van der Waals surface area contributed by atoms with Gasteiger partial charge in [-0.15, -0.1) is 0 Å². The topological polar surface area (TPSA) is 49.8 Å². The zero-order valence-corrected chi connectivity index (χ0v) is 10.6. The number of hydroxylamine groups is 2. The van der Waals surface area contributed by atoms with Crippen LogP contribution in [0.3, 0.4) is 0 Å². The maximum absolute atomic E-state index is 10.8. The molecule has 0 fully saturated rings. The van der Waals surface area contributed by atoms with Crippen molar-refractivity contribution in [3.63, 3.8) is 0 Å². The summed E-state index contributed by atoms with van der Waals surface area (Å²) in [5, 5.41) is 9.98. The van der Waals surface area contributed by atoms with Crippen molar-refractivity contribution in [3.8, 4) is 0 Å². The molecule has 0 atom stereocenters. The zero-order valence-electron chi connectivity index (χ0n) is 10.6. The Morgan fingerprint density at radius 1 is 1.11 bits per heavy atom. The first-order valence-corrected chi connectivity index (χ1v) is 6.36. The summed E-state index contributed by atoms with van der Waals surface area (Å²) in [5.74, 6) is 0. The Labute approximate surface area is 108 Å². The molecule has 1 rings (SSSR count). The highest BCUT2D eigenvalue weighted by Crippen LogP contribution is 2.04. The van der Waals surface area contributed by atoms with E-state index in [-0.39, 0.29) is 6.61 Å². The van der Waals surface area contributed by atoms with Crippen LogP contribution in [0, 0.1) is 0 Å². The normalized spacial score (nSPS) is 10.3. The van der Waals surface area contributed by atoms with Gasteiger partial charge in [0.1, 0.15) is 6.61 Å². The van der Waals surface area contributed by atoms with Crippen molar-refractivity contribution in [1.29, 1.82) is 0 Å². The molecule has 0 aliphatic rings. The number of benzene rings is 1. The van der Waals surface area contributed by atoms with Crippen LogP contribution in [0.15, 0.2) is 30.3 Å². The second kappa shape index (κ2) is 9.62. The first kappa shape index (κ1) is 14.7. The number of unbranched alkanes of at least 4 members (excludes halogenated alkanes) is 3. The van der Waals surface area contributed by atoms with Crippen LogP contribution >= 0.6 is 0 Å². The maximum atomic E-state index is 10.8. The van der Waals surface area contributed by atoms with E-state index in [0.29, 0.717) is 13.2 Å². The Kier molecular flexibility index (Phi) is 7.84. The molecule has 1 N–H and O–H groups in total. The fourth-order valence-corrected chi connectivity index (χ4v) is 1.61. The smallest absolute Gasteiger partial charge is 0.233 e. The highest BCUT2D eigenvalue weighted by Gasteiger charge is 2.02. The summed E-state index contributed by atoms with van der Waals surface area (Å²) in [6.45, 7) is 1.25. The van der Waals surface area contributed by atoms with Gasteiger partial charge in [0.15, 0.2) is 0 Å². The van der Waals surface area contributed by atoms with Crippen LogP contribution in [0.4, 0.5) is 0 Å². The summed E-state index contributed by atoms with van der Waals surface area (Å²) >= 11 is 0. The lowest BCUT2D eigenvalue weighted by Crippen LogP contribution is -2.23. The van der Waals surface area contributed by atoms with Crippen LogP contribution in [0.5, 0.6) is 0 Å². The second-order valence-corrected chi connectivity index (χ2v) is 4.14. The Balaban J connectivity index is 2.15. The predicted molar refractivity (Wildman–Crippen MR) is 69.6 cm³/mol. The minimum Gasteiger partial charge on any atom is -0.396 e. The van der Waals surface area contributed by atoms with Crippen molar-refractivity contribution >= 4 is 6.41 Å². The predicted octanol–water partition coefficient (Wildman–Crippen LogP) is 2.13. The Hall–Kier alpha value is -1.39. The molecule has 1 aromatic rings. The lowest BCUT2D eigenvalue weighted by Gasteiger charge is -2.16. The molecule has 0 spiro atoms. The second-order valence-electron chi connectivity index (χ2n) is 4.14. The Bertz CT molecular complexity index is 316. The van der Waals surface area contributed by atoms with Gasteiger partial charge in [0.05, 0.1) is 0 Å². The molecule has 0 saturated heterocycles. The molecular weight excluding hydrogens is 230 g/mol. The zero-order chi connectivity index (χ0) is 13.1. The third kappa shape index (κ3) is 6.37. The van der Waals surface area contributed by atoms with E-state index >= 15 is 0 Å². The minimum absolute atomic E-state index is 0.238. The average molecular weight is 251 g/mol. The summed E-state index contributed by atoms with van der Waals surface area (Å²) in [6.07, 6.45) is 4.43. The average Bonchev–Trinajstić information content (AvgIpc) is 2.43. The first-order chi connectivity index (χ1) is 8.86. The summed E-state index contributed by atoms with van der Waals surface area (Å²) in [6, 6.07) is 9.76. The van der Waals surface area contributed by atoms with Crippen LogP contribution in [-0.4, -0.2) is 29.7 Å². The number of carbonyl (C=O) groups is 1. The molecule has 1 aromatic carbocycles. The fourth-order valence-electron chi connectivity index (χ4n) is 1.61. The van der Waals surface area contributed by atoms with E-state index in [0.717, 1.165) is 37.7 Å². The molecule has 0 aliphatic carbocycles. The molecule has 0 bridgehead atoms. The molecule has 0 unspecified atom stereocenters. The summed E-state index contributed by atoms with van der Waals surface area (Å²) < 4.78 is 0. The molecule has 100 valence electrons. The quantitative estimate of drug-likeness (QED) is 0.394. The van der Waals surface area contributed by atoms with Crippen molar-refractivity contribution in [2.24, 2.45) is 0 Å². The van der Waals surface area contributed by atoms with Gasteiger partial charge >= 0.3 is 0 Å². The van der Waals surface area contributed by atoms with Crippen LogP contribution in [0.2, 0.25) is 0 Å². The van der Waals surface area contributed by atoms with Gasteiger partial charge in [-0.05, 0) is 18.4 Å². The highest BCUT2D eigenvalue weighted by atomic mass is 16.7. The minimum atomic E-state index is 0.238. The third-order valence-corrected chi connectivity index (χ3v) is 2.64. The monoisotopic (exact) mass is 251 g/mol. The van der Waals surface area contributed by atoms with Crippen molar-refractivity contribution in [3.05, 3.63) is 35.9 Å². The number of aliphatic hydroxyl groups excluding tert-OH is 1. The standard InChI is InChI=1S/C14H21NO3/c16-11-7-2-1-6-10-15(13-17)18-12-14-8-4-3-5-9-14/h3-5,8-9,13,16H,1-2,6-7,10-12H2. The molecular formula is C14H21NO3. The number of aliphatic hydroxyl groups is 1. The van der Waals surface area contributed by atoms with Gasteiger partial charge in [0.2, 0.25) is 6.41 Å². The van der Waals surface area contributed by atoms with Gasteiger partial charge in [-0.2, -0.15) is 0 Å². The third-order valence-electron chi connectivity index (χ3n) is 2.64. The van der Waals surface area contributed by atoms with E-state index in [2.05, 4.69) is 0 Å². The molecule has 0 aliphatic heterocycles. The number of amides is 1. The Morgan fingerprint density at radius 3 is 2.50 bits per heavy atom. The first-order valence-electron chi connectivity index (χ1n) is 6.36. The number of hydrogen-bond donors (Lipinski definition) is 1. The van der Waals surface area contributed by atoms with Gasteiger partial charge in [0.25, 0.3) is 0 Å². The van der Waals surface area contributed by atoms with Crippen molar-refractivity contribution in [1.82, 2.24) is 5.06 Å². The number of carbonyl (C=O) groups excluding carboxylic acids is 1. The fraction of sp³-hybridized carbons (Fsp3) is 0.500. The van der Waals surface area contributed by atoms with Gasteiger partial charge < -0.3 is 5.11 Å². The van der Waals surface area contributed by atoms with E-state index in [4.69, 9.17) is 9.94 Å². The largest absolute Gasteiger partial charge is 0.396 e. The van der Waals surface area contributed by atoms with Crippen molar-refractivity contribution < 1.29 is 14.7 Å². The lowest BCUT2D eigenvalue weighted by atomic mass is 10.2. The van der Waals surface area contributed by atoms with Gasteiger partial charge in [-0.25, -0.2) is 5.06 Å². The number of nitrogens with zero attached hydrogens (tertiary/aromatic N) is 1. The van der Waals surface area contributed by atoms with Gasteiger partial charge in [-0.3, -0.25) is 9.63 Å². The Morgan fingerprint density at radius 2 is 1.83 bits per heavy atom. The molecule has 1 amide bonds. The molecule has 0 aromatic heterocycles. The van der Waals surface area contributed by atoms with Crippen molar-refractivity contribution in [2.45, 2.75) is 32.3 Å². The summed E-state index contributed by atoms with van der Waals surface area (Å²) in [4.78, 5) is 16.2.